The Morgan fingerprint density at radius 2 is 1.76 bits per heavy atom. The molecule has 1 amide bonds. The van der Waals surface area contributed by atoms with Crippen molar-refractivity contribution in [3.8, 4) is 0 Å². The second-order valence-corrected chi connectivity index (χ2v) is 7.17. The molecule has 7 heteroatoms. The van der Waals surface area contributed by atoms with E-state index in [1.807, 2.05) is 13.8 Å². The first-order chi connectivity index (χ1) is 11.8. The minimum absolute atomic E-state index is 0.197. The van der Waals surface area contributed by atoms with Gasteiger partial charge in [-0.05, 0) is 35.6 Å². The van der Waals surface area contributed by atoms with Crippen LogP contribution < -0.4 is 11.1 Å². The highest BCUT2D eigenvalue weighted by Crippen LogP contribution is 2.30. The number of hydrogen-bond acceptors (Lipinski definition) is 4. The van der Waals surface area contributed by atoms with Gasteiger partial charge >= 0.3 is 0 Å². The number of carbonyl (C=O) groups is 1. The molecule has 134 valence electrons. The largest absolute Gasteiger partial charge is 0.398 e. The van der Waals surface area contributed by atoms with Crippen LogP contribution in [0.5, 0.6) is 0 Å². The summed E-state index contributed by atoms with van der Waals surface area (Å²) in [7, 11) is -4.63. The maximum Gasteiger partial charge on any atom is 0.281 e. The smallest absolute Gasteiger partial charge is 0.281 e. The molecule has 4 N–H and O–H groups in total. The standard InChI is InChI=1S/C18H22N2O4S/c1-3-12-10-11-15(19)14(4-2)16(12)20-18(21)17(25(22,23)24)13-8-6-5-7-9-13/h5-11,17H,3-4,19H2,1-2H3,(H,20,21)(H,22,23,24). The summed E-state index contributed by atoms with van der Waals surface area (Å²) in [6, 6.07) is 11.5. The zero-order valence-corrected chi connectivity index (χ0v) is 15.0. The Labute approximate surface area is 147 Å². The number of amides is 1. The van der Waals surface area contributed by atoms with Crippen molar-refractivity contribution in [2.24, 2.45) is 0 Å². The van der Waals surface area contributed by atoms with Crippen molar-refractivity contribution in [2.75, 3.05) is 11.1 Å². The highest BCUT2D eigenvalue weighted by atomic mass is 32.2. The molecule has 0 bridgehead atoms. The number of aryl methyl sites for hydroxylation is 1. The van der Waals surface area contributed by atoms with Crippen LogP contribution in [-0.2, 0) is 27.8 Å². The summed E-state index contributed by atoms with van der Waals surface area (Å²) in [5.41, 5.74) is 8.82. The van der Waals surface area contributed by atoms with Crippen LogP contribution in [0.3, 0.4) is 0 Å². The molecule has 0 radical (unpaired) electrons. The van der Waals surface area contributed by atoms with Gasteiger partial charge in [0.1, 0.15) is 0 Å². The molecule has 0 aliphatic rings. The predicted octanol–water partition coefficient (Wildman–Crippen LogP) is 2.96. The van der Waals surface area contributed by atoms with Crippen LogP contribution in [-0.4, -0.2) is 18.9 Å². The van der Waals surface area contributed by atoms with Crippen molar-refractivity contribution in [1.29, 1.82) is 0 Å². The molecule has 1 unspecified atom stereocenters. The Morgan fingerprint density at radius 1 is 1.12 bits per heavy atom. The minimum atomic E-state index is -4.63. The van der Waals surface area contributed by atoms with E-state index >= 15 is 0 Å². The van der Waals surface area contributed by atoms with Gasteiger partial charge in [-0.1, -0.05) is 50.2 Å². The number of hydrogen-bond donors (Lipinski definition) is 3. The molecule has 1 atom stereocenters. The highest BCUT2D eigenvalue weighted by molar-refractivity contribution is 7.86. The molecular weight excluding hydrogens is 340 g/mol. The van der Waals surface area contributed by atoms with Gasteiger partial charge in [-0.2, -0.15) is 8.42 Å². The number of benzene rings is 2. The van der Waals surface area contributed by atoms with Gasteiger partial charge in [0.05, 0.1) is 0 Å². The lowest BCUT2D eigenvalue weighted by Gasteiger charge is -2.19. The van der Waals surface area contributed by atoms with E-state index < -0.39 is 21.3 Å². The summed E-state index contributed by atoms with van der Waals surface area (Å²) in [6.45, 7) is 3.83. The molecule has 2 aromatic carbocycles. The lowest BCUT2D eigenvalue weighted by Crippen LogP contribution is -2.28. The zero-order chi connectivity index (χ0) is 18.6. The quantitative estimate of drug-likeness (QED) is 0.541. The molecule has 0 spiro atoms. The lowest BCUT2D eigenvalue weighted by atomic mass is 10.0. The van der Waals surface area contributed by atoms with E-state index in [9.17, 15) is 17.8 Å². The van der Waals surface area contributed by atoms with E-state index in [-0.39, 0.29) is 5.56 Å². The summed E-state index contributed by atoms with van der Waals surface area (Å²) in [6.07, 6.45) is 1.22. The van der Waals surface area contributed by atoms with Gasteiger partial charge in [-0.15, -0.1) is 0 Å². The molecule has 0 saturated carbocycles. The summed E-state index contributed by atoms with van der Waals surface area (Å²) in [5.74, 6) is -0.816. The molecule has 0 saturated heterocycles. The summed E-state index contributed by atoms with van der Waals surface area (Å²) in [5, 5.41) is 0.965. The number of nitrogen functional groups attached to an aromatic ring is 1. The molecule has 0 heterocycles. The van der Waals surface area contributed by atoms with Crippen molar-refractivity contribution in [2.45, 2.75) is 31.9 Å². The van der Waals surface area contributed by atoms with Crippen LogP contribution >= 0.6 is 0 Å². The fraction of sp³-hybridized carbons (Fsp3) is 0.278. The second kappa shape index (κ2) is 7.67. The normalized spacial score (nSPS) is 12.6. The molecule has 6 nitrogen and oxygen atoms in total. The van der Waals surface area contributed by atoms with Crippen molar-refractivity contribution in [1.82, 2.24) is 0 Å². The Morgan fingerprint density at radius 3 is 2.28 bits per heavy atom. The van der Waals surface area contributed by atoms with E-state index in [4.69, 9.17) is 5.73 Å². The Bertz CT molecular complexity index is 864. The SMILES string of the molecule is CCc1ccc(N)c(CC)c1NC(=O)C(c1ccccc1)S(=O)(=O)O. The number of nitrogens with one attached hydrogen (secondary N) is 1. The average molecular weight is 362 g/mol. The van der Waals surface area contributed by atoms with E-state index in [1.54, 1.807) is 30.3 Å². The van der Waals surface area contributed by atoms with Crippen LogP contribution in [0.25, 0.3) is 0 Å². The summed E-state index contributed by atoms with van der Waals surface area (Å²) in [4.78, 5) is 12.7. The minimum Gasteiger partial charge on any atom is -0.398 e. The average Bonchev–Trinajstić information content (AvgIpc) is 2.55. The maximum absolute atomic E-state index is 12.7. The third kappa shape index (κ3) is 4.18. The van der Waals surface area contributed by atoms with Crippen molar-refractivity contribution >= 4 is 27.4 Å². The van der Waals surface area contributed by atoms with Crippen molar-refractivity contribution in [3.05, 3.63) is 59.2 Å². The fourth-order valence-corrected chi connectivity index (χ4v) is 3.65. The highest BCUT2D eigenvalue weighted by Gasteiger charge is 2.33. The summed E-state index contributed by atoms with van der Waals surface area (Å²) < 4.78 is 33.2. The molecular formula is C18H22N2O4S. The first kappa shape index (κ1) is 19.0. The Kier molecular flexibility index (Phi) is 5.81. The van der Waals surface area contributed by atoms with Crippen LogP contribution in [0.2, 0.25) is 0 Å². The monoisotopic (exact) mass is 362 g/mol. The van der Waals surface area contributed by atoms with Crippen LogP contribution in [0.1, 0.15) is 35.8 Å². The van der Waals surface area contributed by atoms with Crippen LogP contribution in [0, 0.1) is 0 Å². The fourth-order valence-electron chi connectivity index (χ4n) is 2.82. The van der Waals surface area contributed by atoms with E-state index in [1.165, 1.54) is 12.1 Å². The molecule has 0 fully saturated rings. The Balaban J connectivity index is 2.49. The number of rotatable bonds is 6. The van der Waals surface area contributed by atoms with E-state index in [0.29, 0.717) is 24.2 Å². The first-order valence-corrected chi connectivity index (χ1v) is 9.52. The molecule has 2 aromatic rings. The third-order valence-electron chi connectivity index (χ3n) is 4.06. The molecule has 2 rings (SSSR count). The molecule has 0 aromatic heterocycles. The number of nitrogens with two attached hydrogens (primary N) is 1. The van der Waals surface area contributed by atoms with Crippen LogP contribution in [0.15, 0.2) is 42.5 Å². The first-order valence-electron chi connectivity index (χ1n) is 8.01. The van der Waals surface area contributed by atoms with Crippen LogP contribution in [0.4, 0.5) is 11.4 Å². The van der Waals surface area contributed by atoms with Gasteiger partial charge in [-0.3, -0.25) is 9.35 Å². The maximum atomic E-state index is 12.7. The summed E-state index contributed by atoms with van der Waals surface area (Å²) >= 11 is 0. The number of carbonyl (C=O) groups excluding carboxylic acids is 1. The van der Waals surface area contributed by atoms with Gasteiger partial charge < -0.3 is 11.1 Å². The van der Waals surface area contributed by atoms with Gasteiger partial charge in [-0.25, -0.2) is 0 Å². The van der Waals surface area contributed by atoms with Gasteiger partial charge in [0, 0.05) is 11.4 Å². The van der Waals surface area contributed by atoms with Gasteiger partial charge in [0.15, 0.2) is 5.25 Å². The topological polar surface area (TPSA) is 109 Å². The molecule has 0 aliphatic carbocycles. The molecule has 0 aliphatic heterocycles. The molecule has 25 heavy (non-hydrogen) atoms. The van der Waals surface area contributed by atoms with Crippen molar-refractivity contribution < 1.29 is 17.8 Å². The third-order valence-corrected chi connectivity index (χ3v) is 5.14. The second-order valence-electron chi connectivity index (χ2n) is 5.67. The van der Waals surface area contributed by atoms with Crippen molar-refractivity contribution in [3.63, 3.8) is 0 Å². The predicted molar refractivity (Wildman–Crippen MR) is 99.0 cm³/mol. The van der Waals surface area contributed by atoms with E-state index in [2.05, 4.69) is 5.32 Å². The zero-order valence-electron chi connectivity index (χ0n) is 14.2. The number of anilines is 2. The van der Waals surface area contributed by atoms with Gasteiger partial charge in [0.25, 0.3) is 10.1 Å². The Hall–Kier alpha value is -2.38. The van der Waals surface area contributed by atoms with Gasteiger partial charge in [0.2, 0.25) is 5.91 Å². The van der Waals surface area contributed by atoms with E-state index in [0.717, 1.165) is 11.1 Å². The lowest BCUT2D eigenvalue weighted by molar-refractivity contribution is -0.116.